The van der Waals surface area contributed by atoms with Crippen molar-refractivity contribution in [1.29, 1.82) is 0 Å². The summed E-state index contributed by atoms with van der Waals surface area (Å²) in [6.45, 7) is 3.67. The SMILES string of the molecule is C=CCCCc1ccc(C(=O)Oc2ccc(F)c(F)c2)cc1. The summed E-state index contributed by atoms with van der Waals surface area (Å²) in [6.07, 6.45) is 4.72. The number of hydrogen-bond donors (Lipinski definition) is 0. The number of ether oxygens (including phenoxy) is 1. The highest BCUT2D eigenvalue weighted by Crippen LogP contribution is 2.17. The maximum atomic E-state index is 13.1. The minimum absolute atomic E-state index is 0.0287. The second-order valence-corrected chi connectivity index (χ2v) is 4.84. The molecule has 0 N–H and O–H groups in total. The van der Waals surface area contributed by atoms with E-state index in [4.69, 9.17) is 4.74 Å². The van der Waals surface area contributed by atoms with Crippen molar-refractivity contribution in [3.05, 3.63) is 77.9 Å². The summed E-state index contributed by atoms with van der Waals surface area (Å²) in [5.74, 6) is -2.67. The standard InChI is InChI=1S/C18H16F2O2/c1-2-3-4-5-13-6-8-14(9-7-13)18(21)22-15-10-11-16(19)17(20)12-15/h2,6-12H,1,3-5H2. The molecule has 22 heavy (non-hydrogen) atoms. The highest BCUT2D eigenvalue weighted by atomic mass is 19.2. The van der Waals surface area contributed by atoms with Crippen LogP contribution in [0.1, 0.15) is 28.8 Å². The summed E-state index contributed by atoms with van der Waals surface area (Å²) in [7, 11) is 0. The first-order chi connectivity index (χ1) is 10.6. The predicted molar refractivity (Wildman–Crippen MR) is 80.9 cm³/mol. The summed E-state index contributed by atoms with van der Waals surface area (Å²) in [5, 5.41) is 0. The molecule has 0 heterocycles. The van der Waals surface area contributed by atoms with E-state index >= 15 is 0 Å². The summed E-state index contributed by atoms with van der Waals surface area (Å²) >= 11 is 0. The molecule has 2 rings (SSSR count). The number of benzene rings is 2. The first kappa shape index (κ1) is 15.9. The van der Waals surface area contributed by atoms with Crippen molar-refractivity contribution in [3.63, 3.8) is 0 Å². The zero-order chi connectivity index (χ0) is 15.9. The molecule has 2 aromatic rings. The maximum Gasteiger partial charge on any atom is 0.343 e. The maximum absolute atomic E-state index is 13.1. The fraction of sp³-hybridized carbons (Fsp3) is 0.167. The molecule has 0 saturated heterocycles. The molecule has 2 aromatic carbocycles. The lowest BCUT2D eigenvalue weighted by molar-refractivity contribution is 0.0734. The lowest BCUT2D eigenvalue weighted by atomic mass is 10.1. The van der Waals surface area contributed by atoms with Crippen LogP contribution in [0.2, 0.25) is 0 Å². The van der Waals surface area contributed by atoms with Crippen LogP contribution in [0.5, 0.6) is 5.75 Å². The van der Waals surface area contributed by atoms with E-state index in [1.54, 1.807) is 12.1 Å². The van der Waals surface area contributed by atoms with Crippen molar-refractivity contribution in [1.82, 2.24) is 0 Å². The minimum Gasteiger partial charge on any atom is -0.423 e. The average Bonchev–Trinajstić information content (AvgIpc) is 2.52. The third-order valence-corrected chi connectivity index (χ3v) is 3.16. The molecule has 0 saturated carbocycles. The van der Waals surface area contributed by atoms with Crippen molar-refractivity contribution >= 4 is 5.97 Å². The largest absolute Gasteiger partial charge is 0.423 e. The lowest BCUT2D eigenvalue weighted by Crippen LogP contribution is -2.08. The first-order valence-electron chi connectivity index (χ1n) is 6.97. The van der Waals surface area contributed by atoms with E-state index < -0.39 is 17.6 Å². The van der Waals surface area contributed by atoms with Crippen molar-refractivity contribution in [2.45, 2.75) is 19.3 Å². The summed E-state index contributed by atoms with van der Waals surface area (Å²) in [5.41, 5.74) is 1.48. The number of esters is 1. The van der Waals surface area contributed by atoms with Gasteiger partial charge >= 0.3 is 5.97 Å². The highest BCUT2D eigenvalue weighted by molar-refractivity contribution is 5.91. The number of carbonyl (C=O) groups excluding carboxylic acids is 1. The number of hydrogen-bond acceptors (Lipinski definition) is 2. The Morgan fingerprint density at radius 3 is 2.45 bits per heavy atom. The van der Waals surface area contributed by atoms with Gasteiger partial charge in [0.05, 0.1) is 5.56 Å². The molecule has 0 amide bonds. The number of unbranched alkanes of at least 4 members (excludes halogenated alkanes) is 1. The van der Waals surface area contributed by atoms with Gasteiger partial charge in [-0.15, -0.1) is 6.58 Å². The Hall–Kier alpha value is -2.49. The van der Waals surface area contributed by atoms with Crippen LogP contribution in [0.3, 0.4) is 0 Å². The second-order valence-electron chi connectivity index (χ2n) is 4.84. The second kappa shape index (κ2) is 7.50. The predicted octanol–water partition coefficient (Wildman–Crippen LogP) is 4.69. The van der Waals surface area contributed by atoms with Gasteiger partial charge in [-0.1, -0.05) is 18.2 Å². The van der Waals surface area contributed by atoms with Gasteiger partial charge in [0.1, 0.15) is 5.75 Å². The Balaban J connectivity index is 2.00. The Bertz CT molecular complexity index is 663. The molecule has 0 unspecified atom stereocenters. The highest BCUT2D eigenvalue weighted by Gasteiger charge is 2.10. The van der Waals surface area contributed by atoms with Gasteiger partial charge in [-0.05, 0) is 49.1 Å². The number of aryl methyl sites for hydroxylation is 1. The average molecular weight is 302 g/mol. The summed E-state index contributed by atoms with van der Waals surface area (Å²) in [6, 6.07) is 9.99. The molecular formula is C18H16F2O2. The molecule has 4 heteroatoms. The van der Waals surface area contributed by atoms with E-state index in [2.05, 4.69) is 6.58 Å². The molecule has 0 aliphatic rings. The molecule has 0 aliphatic carbocycles. The van der Waals surface area contributed by atoms with Crippen molar-refractivity contribution in [2.75, 3.05) is 0 Å². The molecule has 0 atom stereocenters. The topological polar surface area (TPSA) is 26.3 Å². The molecule has 0 radical (unpaired) electrons. The Morgan fingerprint density at radius 1 is 1.09 bits per heavy atom. The van der Waals surface area contributed by atoms with Crippen LogP contribution >= 0.6 is 0 Å². The summed E-state index contributed by atoms with van der Waals surface area (Å²) in [4.78, 5) is 11.9. The minimum atomic E-state index is -1.05. The van der Waals surface area contributed by atoms with Crippen LogP contribution in [-0.4, -0.2) is 5.97 Å². The van der Waals surface area contributed by atoms with Crippen molar-refractivity contribution < 1.29 is 18.3 Å². The smallest absolute Gasteiger partial charge is 0.343 e. The molecule has 0 fully saturated rings. The van der Waals surface area contributed by atoms with Gasteiger partial charge in [0.15, 0.2) is 11.6 Å². The van der Waals surface area contributed by atoms with Gasteiger partial charge in [0.2, 0.25) is 0 Å². The normalized spacial score (nSPS) is 10.3. The number of halogens is 2. The van der Waals surface area contributed by atoms with Gasteiger partial charge in [0.25, 0.3) is 0 Å². The van der Waals surface area contributed by atoms with Crippen LogP contribution in [0.4, 0.5) is 8.78 Å². The number of allylic oxidation sites excluding steroid dienone is 1. The molecule has 0 aromatic heterocycles. The van der Waals surface area contributed by atoms with E-state index in [9.17, 15) is 13.6 Å². The van der Waals surface area contributed by atoms with Gasteiger partial charge in [0, 0.05) is 6.07 Å². The van der Waals surface area contributed by atoms with Crippen LogP contribution < -0.4 is 4.74 Å². The van der Waals surface area contributed by atoms with Crippen LogP contribution in [0.15, 0.2) is 55.1 Å². The molecule has 2 nitrogen and oxygen atoms in total. The van der Waals surface area contributed by atoms with Gasteiger partial charge in [-0.3, -0.25) is 0 Å². The number of rotatable bonds is 6. The van der Waals surface area contributed by atoms with Gasteiger partial charge in [-0.2, -0.15) is 0 Å². The molecule has 114 valence electrons. The lowest BCUT2D eigenvalue weighted by Gasteiger charge is -2.06. The molecule has 0 bridgehead atoms. The van der Waals surface area contributed by atoms with E-state index in [0.717, 1.165) is 37.0 Å². The Labute approximate surface area is 128 Å². The fourth-order valence-electron chi connectivity index (χ4n) is 1.96. The van der Waals surface area contributed by atoms with Crippen molar-refractivity contribution in [2.24, 2.45) is 0 Å². The van der Waals surface area contributed by atoms with Crippen molar-refractivity contribution in [3.8, 4) is 5.75 Å². The zero-order valence-corrected chi connectivity index (χ0v) is 12.0. The third kappa shape index (κ3) is 4.25. The first-order valence-corrected chi connectivity index (χ1v) is 6.97. The van der Waals surface area contributed by atoms with E-state index in [0.29, 0.717) is 5.56 Å². The number of carbonyl (C=O) groups is 1. The van der Waals surface area contributed by atoms with Gasteiger partial charge < -0.3 is 4.74 Å². The Morgan fingerprint density at radius 2 is 1.82 bits per heavy atom. The monoisotopic (exact) mass is 302 g/mol. The third-order valence-electron chi connectivity index (χ3n) is 3.16. The van der Waals surface area contributed by atoms with Gasteiger partial charge in [-0.25, -0.2) is 13.6 Å². The van der Waals surface area contributed by atoms with Crippen LogP contribution in [0.25, 0.3) is 0 Å². The molecule has 0 spiro atoms. The fourth-order valence-corrected chi connectivity index (χ4v) is 1.96. The zero-order valence-electron chi connectivity index (χ0n) is 12.0. The molecular weight excluding hydrogens is 286 g/mol. The van der Waals surface area contributed by atoms with Crippen LogP contribution in [-0.2, 0) is 6.42 Å². The quantitative estimate of drug-likeness (QED) is 0.335. The van der Waals surface area contributed by atoms with E-state index in [1.807, 2.05) is 18.2 Å². The van der Waals surface area contributed by atoms with E-state index in [1.165, 1.54) is 6.07 Å². The van der Waals surface area contributed by atoms with Crippen LogP contribution in [0, 0.1) is 11.6 Å². The van der Waals surface area contributed by atoms with E-state index in [-0.39, 0.29) is 5.75 Å². The molecule has 0 aliphatic heterocycles. The summed E-state index contributed by atoms with van der Waals surface area (Å²) < 4.78 is 30.9. The Kier molecular flexibility index (Phi) is 5.42.